The van der Waals surface area contributed by atoms with Crippen molar-refractivity contribution in [3.63, 3.8) is 0 Å². The van der Waals surface area contributed by atoms with Gasteiger partial charge in [-0.25, -0.2) is 9.97 Å². The molecule has 8 heteroatoms. The molecule has 0 radical (unpaired) electrons. The molecule has 2 aromatic rings. The molecule has 1 fully saturated rings. The molecule has 0 aliphatic heterocycles. The summed E-state index contributed by atoms with van der Waals surface area (Å²) in [5.41, 5.74) is -0.783. The zero-order valence-corrected chi connectivity index (χ0v) is 13.5. The molecule has 5 nitrogen and oxygen atoms in total. The minimum absolute atomic E-state index is 0.0278. The Morgan fingerprint density at radius 3 is 2.60 bits per heavy atom. The topological polar surface area (TPSA) is 70.9 Å². The zero-order chi connectivity index (χ0) is 17.9. The summed E-state index contributed by atoms with van der Waals surface area (Å²) < 4.78 is 39.4. The Morgan fingerprint density at radius 1 is 1.20 bits per heavy atom. The van der Waals surface area contributed by atoms with Crippen LogP contribution >= 0.6 is 0 Å². The molecule has 3 rings (SSSR count). The average molecular weight is 352 g/mol. The van der Waals surface area contributed by atoms with Crippen LogP contribution in [0.3, 0.4) is 0 Å². The normalized spacial score (nSPS) is 16.8. The highest BCUT2D eigenvalue weighted by molar-refractivity contribution is 5.53. The van der Waals surface area contributed by atoms with Gasteiger partial charge >= 0.3 is 6.18 Å². The van der Waals surface area contributed by atoms with E-state index in [0.717, 1.165) is 31.7 Å². The van der Waals surface area contributed by atoms with E-state index in [-0.39, 0.29) is 29.8 Å². The highest BCUT2D eigenvalue weighted by Crippen LogP contribution is 2.31. The minimum Gasteiger partial charge on any atom is -0.391 e. The third-order valence-electron chi connectivity index (χ3n) is 4.35. The van der Waals surface area contributed by atoms with Crippen molar-refractivity contribution in [2.75, 3.05) is 11.9 Å². The molecule has 0 bridgehead atoms. The number of nitrogens with one attached hydrogen (secondary N) is 1. The predicted molar refractivity (Wildman–Crippen MR) is 86.7 cm³/mol. The van der Waals surface area contributed by atoms with Gasteiger partial charge in [-0.1, -0.05) is 18.9 Å². The van der Waals surface area contributed by atoms with Crippen LogP contribution in [0.25, 0.3) is 11.5 Å². The van der Waals surface area contributed by atoms with Crippen LogP contribution in [0.1, 0.15) is 31.4 Å². The van der Waals surface area contributed by atoms with Crippen LogP contribution < -0.4 is 5.32 Å². The predicted octanol–water partition coefficient (Wildman–Crippen LogP) is 3.52. The lowest BCUT2D eigenvalue weighted by atomic mass is 10.0. The molecule has 2 heterocycles. The van der Waals surface area contributed by atoms with E-state index in [0.29, 0.717) is 0 Å². The van der Waals surface area contributed by atoms with Crippen molar-refractivity contribution in [2.45, 2.75) is 38.0 Å². The molecule has 0 saturated heterocycles. The van der Waals surface area contributed by atoms with Crippen LogP contribution in [-0.4, -0.2) is 32.7 Å². The molecule has 25 heavy (non-hydrogen) atoms. The number of alkyl halides is 3. The standard InChI is InChI=1S/C17H19F3N4O/c18-17(19,20)14-9-15(22-10-13(25)11-5-1-2-6-11)24-16(23-14)12-7-3-4-8-21-12/h3-4,7-9,11,13,25H,1-2,5-6,10H2,(H,22,23,24). The molecule has 134 valence electrons. The molecule has 0 spiro atoms. The number of anilines is 1. The SMILES string of the molecule is OC(CNc1cc(C(F)(F)F)nc(-c2ccccn2)n1)C1CCCC1. The van der Waals surface area contributed by atoms with Crippen LogP contribution in [0, 0.1) is 5.92 Å². The monoisotopic (exact) mass is 352 g/mol. The molecule has 2 N–H and O–H groups in total. The van der Waals surface area contributed by atoms with Crippen molar-refractivity contribution in [2.24, 2.45) is 5.92 Å². The smallest absolute Gasteiger partial charge is 0.391 e. The Labute approximate surface area is 143 Å². The van der Waals surface area contributed by atoms with Crippen molar-refractivity contribution >= 4 is 5.82 Å². The molecule has 1 aliphatic carbocycles. The third-order valence-corrected chi connectivity index (χ3v) is 4.35. The zero-order valence-electron chi connectivity index (χ0n) is 13.5. The van der Waals surface area contributed by atoms with E-state index in [1.54, 1.807) is 18.2 Å². The van der Waals surface area contributed by atoms with Crippen LogP contribution in [-0.2, 0) is 6.18 Å². The molecule has 1 saturated carbocycles. The summed E-state index contributed by atoms with van der Waals surface area (Å²) in [6.07, 6.45) is 0.321. The van der Waals surface area contributed by atoms with Crippen molar-refractivity contribution in [3.8, 4) is 11.5 Å². The van der Waals surface area contributed by atoms with Gasteiger partial charge in [0, 0.05) is 18.8 Å². The number of nitrogens with zero attached hydrogens (tertiary/aromatic N) is 3. The lowest BCUT2D eigenvalue weighted by Crippen LogP contribution is -2.27. The number of aliphatic hydroxyl groups is 1. The van der Waals surface area contributed by atoms with Crippen LogP contribution in [0.15, 0.2) is 30.5 Å². The lowest BCUT2D eigenvalue weighted by molar-refractivity contribution is -0.141. The van der Waals surface area contributed by atoms with Crippen molar-refractivity contribution in [1.29, 1.82) is 0 Å². The summed E-state index contributed by atoms with van der Waals surface area (Å²) >= 11 is 0. The number of aromatic nitrogens is 3. The summed E-state index contributed by atoms with van der Waals surface area (Å²) in [6, 6.07) is 5.72. The van der Waals surface area contributed by atoms with Crippen LogP contribution in [0.2, 0.25) is 0 Å². The molecular weight excluding hydrogens is 333 g/mol. The second-order valence-corrected chi connectivity index (χ2v) is 6.17. The Morgan fingerprint density at radius 2 is 1.96 bits per heavy atom. The summed E-state index contributed by atoms with van der Waals surface area (Å²) in [7, 11) is 0. The van der Waals surface area contributed by atoms with Gasteiger partial charge in [-0.05, 0) is 30.9 Å². The average Bonchev–Trinajstić information content (AvgIpc) is 3.14. The molecule has 2 aromatic heterocycles. The molecule has 1 aliphatic rings. The van der Waals surface area contributed by atoms with Gasteiger partial charge in [0.2, 0.25) is 0 Å². The number of hydrogen-bond acceptors (Lipinski definition) is 5. The number of pyridine rings is 1. The number of rotatable bonds is 5. The number of hydrogen-bond donors (Lipinski definition) is 2. The van der Waals surface area contributed by atoms with Gasteiger partial charge in [0.25, 0.3) is 0 Å². The summed E-state index contributed by atoms with van der Waals surface area (Å²) in [5, 5.41) is 13.0. The van der Waals surface area contributed by atoms with Crippen molar-refractivity contribution < 1.29 is 18.3 Å². The van der Waals surface area contributed by atoms with E-state index in [4.69, 9.17) is 0 Å². The summed E-state index contributed by atoms with van der Waals surface area (Å²) in [4.78, 5) is 11.7. The third kappa shape index (κ3) is 4.45. The van der Waals surface area contributed by atoms with E-state index in [1.165, 1.54) is 6.20 Å². The molecule has 1 unspecified atom stereocenters. The van der Waals surface area contributed by atoms with Crippen LogP contribution in [0.4, 0.5) is 19.0 Å². The fourth-order valence-corrected chi connectivity index (χ4v) is 3.01. The van der Waals surface area contributed by atoms with Crippen molar-refractivity contribution in [1.82, 2.24) is 15.0 Å². The fraction of sp³-hybridized carbons (Fsp3) is 0.471. The highest BCUT2D eigenvalue weighted by atomic mass is 19.4. The highest BCUT2D eigenvalue weighted by Gasteiger charge is 2.34. The first-order valence-corrected chi connectivity index (χ1v) is 8.23. The van der Waals surface area contributed by atoms with Gasteiger partial charge in [-0.2, -0.15) is 13.2 Å². The van der Waals surface area contributed by atoms with Gasteiger partial charge in [-0.15, -0.1) is 0 Å². The second-order valence-electron chi connectivity index (χ2n) is 6.17. The van der Waals surface area contributed by atoms with E-state index >= 15 is 0 Å². The first-order valence-electron chi connectivity index (χ1n) is 8.23. The Balaban J connectivity index is 1.82. The number of aliphatic hydroxyl groups excluding tert-OH is 1. The van der Waals surface area contributed by atoms with E-state index < -0.39 is 18.0 Å². The molecule has 1 atom stereocenters. The van der Waals surface area contributed by atoms with Gasteiger partial charge in [0.05, 0.1) is 6.10 Å². The van der Waals surface area contributed by atoms with E-state index in [1.807, 2.05) is 0 Å². The Kier molecular flexibility index (Phi) is 5.17. The Hall–Kier alpha value is -2.22. The first kappa shape index (κ1) is 17.6. The molecule has 0 aromatic carbocycles. The largest absolute Gasteiger partial charge is 0.433 e. The molecular formula is C17H19F3N4O. The maximum Gasteiger partial charge on any atom is 0.433 e. The van der Waals surface area contributed by atoms with Crippen LogP contribution in [0.5, 0.6) is 0 Å². The Bertz CT molecular complexity index is 703. The lowest BCUT2D eigenvalue weighted by Gasteiger charge is -2.19. The maximum absolute atomic E-state index is 13.1. The van der Waals surface area contributed by atoms with Gasteiger partial charge in [0.15, 0.2) is 11.5 Å². The van der Waals surface area contributed by atoms with Gasteiger partial charge < -0.3 is 10.4 Å². The minimum atomic E-state index is -4.59. The second kappa shape index (κ2) is 7.35. The maximum atomic E-state index is 13.1. The fourth-order valence-electron chi connectivity index (χ4n) is 3.01. The van der Waals surface area contributed by atoms with Gasteiger partial charge in [-0.3, -0.25) is 4.98 Å². The summed E-state index contributed by atoms with van der Waals surface area (Å²) in [6.45, 7) is 0.153. The number of halogens is 3. The quantitative estimate of drug-likeness (QED) is 0.862. The van der Waals surface area contributed by atoms with Crippen molar-refractivity contribution in [3.05, 3.63) is 36.2 Å². The first-order chi connectivity index (χ1) is 11.9. The van der Waals surface area contributed by atoms with Gasteiger partial charge in [0.1, 0.15) is 11.5 Å². The summed E-state index contributed by atoms with van der Waals surface area (Å²) in [5.74, 6) is 0.111. The molecule has 0 amide bonds. The van der Waals surface area contributed by atoms with E-state index in [2.05, 4.69) is 20.3 Å². The van der Waals surface area contributed by atoms with E-state index in [9.17, 15) is 18.3 Å².